The minimum Gasteiger partial charge on any atom is -0.467 e. The van der Waals surface area contributed by atoms with E-state index in [0.717, 1.165) is 0 Å². The lowest BCUT2D eigenvalue weighted by atomic mass is 10.1. The van der Waals surface area contributed by atoms with Crippen LogP contribution < -0.4 is 10.6 Å². The molecule has 0 bridgehead atoms. The van der Waals surface area contributed by atoms with Crippen LogP contribution in [0.4, 0.5) is 4.79 Å². The maximum atomic E-state index is 11.6. The summed E-state index contributed by atoms with van der Waals surface area (Å²) in [4.78, 5) is 11.6. The summed E-state index contributed by atoms with van der Waals surface area (Å²) in [6, 6.07) is 6.47. The lowest BCUT2D eigenvalue weighted by molar-refractivity contribution is 0.129. The van der Waals surface area contributed by atoms with Crippen molar-refractivity contribution in [3.05, 3.63) is 48.3 Å². The molecule has 0 saturated carbocycles. The molecule has 6 nitrogen and oxygen atoms in total. The van der Waals surface area contributed by atoms with Crippen molar-refractivity contribution in [2.24, 2.45) is 0 Å². The van der Waals surface area contributed by atoms with E-state index in [1.165, 1.54) is 6.26 Å². The highest BCUT2D eigenvalue weighted by Gasteiger charge is 2.16. The number of carbonyl (C=O) groups excluding carboxylic acids is 1. The predicted octanol–water partition coefficient (Wildman–Crippen LogP) is 2.18. The predicted molar refractivity (Wildman–Crippen MR) is 71.8 cm³/mol. The minimum atomic E-state index is -0.731. The average molecular weight is 278 g/mol. The van der Waals surface area contributed by atoms with Gasteiger partial charge in [0, 0.05) is 12.5 Å². The topological polar surface area (TPSA) is 87.6 Å². The number of nitrogens with one attached hydrogen (secondary N) is 2. The lowest BCUT2D eigenvalue weighted by Crippen LogP contribution is -2.41. The molecular weight excluding hydrogens is 260 g/mol. The second kappa shape index (κ2) is 6.81. The first-order chi connectivity index (χ1) is 9.65. The number of rotatable bonds is 6. The van der Waals surface area contributed by atoms with Crippen molar-refractivity contribution in [3.8, 4) is 0 Å². The minimum absolute atomic E-state index is 0.188. The number of aliphatic hydroxyl groups excluding tert-OH is 1. The van der Waals surface area contributed by atoms with Gasteiger partial charge in [0.05, 0.1) is 19.1 Å². The molecule has 0 radical (unpaired) electrons. The number of carbonyl (C=O) groups is 1. The molecule has 2 heterocycles. The molecule has 0 saturated heterocycles. The molecule has 0 aliphatic rings. The van der Waals surface area contributed by atoms with Crippen LogP contribution in [0.2, 0.25) is 0 Å². The number of amides is 2. The first kappa shape index (κ1) is 14.2. The van der Waals surface area contributed by atoms with Gasteiger partial charge in [-0.3, -0.25) is 0 Å². The molecule has 0 fully saturated rings. The van der Waals surface area contributed by atoms with Crippen molar-refractivity contribution in [2.75, 3.05) is 0 Å². The van der Waals surface area contributed by atoms with Crippen molar-refractivity contribution < 1.29 is 18.7 Å². The molecule has 20 heavy (non-hydrogen) atoms. The largest absolute Gasteiger partial charge is 0.467 e. The Labute approximate surface area is 116 Å². The molecule has 2 aromatic rings. The smallest absolute Gasteiger partial charge is 0.315 e. The summed E-state index contributed by atoms with van der Waals surface area (Å²) in [5, 5.41) is 15.3. The standard InChI is InChI=1S/C14H18N2O4/c1-10(8-12(17)13-5-3-7-20-13)16-14(18)15-9-11-4-2-6-19-11/h2-7,10,12,17H,8-9H2,1H3,(H2,15,16,18). The monoisotopic (exact) mass is 278 g/mol. The Balaban J connectivity index is 1.70. The zero-order valence-corrected chi connectivity index (χ0v) is 11.2. The molecule has 2 atom stereocenters. The van der Waals surface area contributed by atoms with E-state index in [2.05, 4.69) is 10.6 Å². The highest BCUT2D eigenvalue weighted by atomic mass is 16.4. The van der Waals surface area contributed by atoms with Gasteiger partial charge in [-0.2, -0.15) is 0 Å². The lowest BCUT2D eigenvalue weighted by Gasteiger charge is -2.16. The van der Waals surface area contributed by atoms with Gasteiger partial charge in [0.2, 0.25) is 0 Å². The van der Waals surface area contributed by atoms with Crippen molar-refractivity contribution >= 4 is 6.03 Å². The van der Waals surface area contributed by atoms with Gasteiger partial charge in [-0.1, -0.05) is 0 Å². The third-order valence-corrected chi connectivity index (χ3v) is 2.83. The summed E-state index contributed by atoms with van der Waals surface area (Å²) in [5.41, 5.74) is 0. The van der Waals surface area contributed by atoms with Crippen LogP contribution in [-0.4, -0.2) is 17.2 Å². The zero-order chi connectivity index (χ0) is 14.4. The Kier molecular flexibility index (Phi) is 4.84. The van der Waals surface area contributed by atoms with E-state index in [-0.39, 0.29) is 12.1 Å². The van der Waals surface area contributed by atoms with Gasteiger partial charge in [0.1, 0.15) is 17.6 Å². The van der Waals surface area contributed by atoms with Gasteiger partial charge in [0.15, 0.2) is 0 Å². The van der Waals surface area contributed by atoms with Gasteiger partial charge in [-0.05, 0) is 31.2 Å². The van der Waals surface area contributed by atoms with Gasteiger partial charge < -0.3 is 24.6 Å². The molecule has 0 aliphatic carbocycles. The van der Waals surface area contributed by atoms with E-state index in [1.54, 1.807) is 30.5 Å². The molecular formula is C14H18N2O4. The SMILES string of the molecule is CC(CC(O)c1ccco1)NC(=O)NCc1ccco1. The van der Waals surface area contributed by atoms with Gasteiger partial charge in [0.25, 0.3) is 0 Å². The molecule has 2 unspecified atom stereocenters. The second-order valence-corrected chi connectivity index (χ2v) is 4.57. The Morgan fingerprint density at radius 3 is 2.70 bits per heavy atom. The second-order valence-electron chi connectivity index (χ2n) is 4.57. The Hall–Kier alpha value is -2.21. The number of aliphatic hydroxyl groups is 1. The first-order valence-corrected chi connectivity index (χ1v) is 6.43. The fraction of sp³-hybridized carbons (Fsp3) is 0.357. The van der Waals surface area contributed by atoms with E-state index in [9.17, 15) is 9.90 Å². The summed E-state index contributed by atoms with van der Waals surface area (Å²) >= 11 is 0. The maximum absolute atomic E-state index is 11.6. The summed E-state index contributed by atoms with van der Waals surface area (Å²) in [5.74, 6) is 1.18. The van der Waals surface area contributed by atoms with E-state index >= 15 is 0 Å². The van der Waals surface area contributed by atoms with Gasteiger partial charge in [-0.15, -0.1) is 0 Å². The Morgan fingerprint density at radius 2 is 2.05 bits per heavy atom. The maximum Gasteiger partial charge on any atom is 0.315 e. The molecule has 0 aliphatic heterocycles. The molecule has 6 heteroatoms. The quantitative estimate of drug-likeness (QED) is 0.755. The molecule has 3 N–H and O–H groups in total. The van der Waals surface area contributed by atoms with Crippen LogP contribution in [0, 0.1) is 0 Å². The summed E-state index contributed by atoms with van der Waals surface area (Å²) < 4.78 is 10.2. The van der Waals surface area contributed by atoms with E-state index in [1.807, 2.05) is 6.92 Å². The van der Waals surface area contributed by atoms with Gasteiger partial charge >= 0.3 is 6.03 Å². The highest BCUT2D eigenvalue weighted by molar-refractivity contribution is 5.74. The van der Waals surface area contributed by atoms with Crippen molar-refractivity contribution in [1.29, 1.82) is 0 Å². The van der Waals surface area contributed by atoms with E-state index in [4.69, 9.17) is 8.83 Å². The number of furan rings is 2. The number of hydrogen-bond donors (Lipinski definition) is 3. The van der Waals surface area contributed by atoms with Crippen LogP contribution in [0.3, 0.4) is 0 Å². The van der Waals surface area contributed by atoms with Crippen LogP contribution in [-0.2, 0) is 6.54 Å². The van der Waals surface area contributed by atoms with Crippen LogP contribution in [0.5, 0.6) is 0 Å². The number of urea groups is 1. The first-order valence-electron chi connectivity index (χ1n) is 6.43. The summed E-state index contributed by atoms with van der Waals surface area (Å²) in [7, 11) is 0. The van der Waals surface area contributed by atoms with Crippen LogP contribution in [0.15, 0.2) is 45.6 Å². The van der Waals surface area contributed by atoms with Crippen molar-refractivity contribution in [1.82, 2.24) is 10.6 Å². The zero-order valence-electron chi connectivity index (χ0n) is 11.2. The van der Waals surface area contributed by atoms with Gasteiger partial charge in [-0.25, -0.2) is 4.79 Å². The Bertz CT molecular complexity index is 507. The third-order valence-electron chi connectivity index (χ3n) is 2.83. The number of hydrogen-bond acceptors (Lipinski definition) is 4. The van der Waals surface area contributed by atoms with E-state index in [0.29, 0.717) is 24.5 Å². The molecule has 2 amide bonds. The fourth-order valence-corrected chi connectivity index (χ4v) is 1.85. The molecule has 0 aromatic carbocycles. The average Bonchev–Trinajstić information content (AvgIpc) is 3.09. The molecule has 108 valence electrons. The fourth-order valence-electron chi connectivity index (χ4n) is 1.85. The molecule has 0 spiro atoms. The van der Waals surface area contributed by atoms with E-state index < -0.39 is 6.10 Å². The van der Waals surface area contributed by atoms with Crippen LogP contribution in [0.1, 0.15) is 31.0 Å². The molecule has 2 rings (SSSR count). The summed E-state index contributed by atoms with van der Waals surface area (Å²) in [6.07, 6.45) is 2.71. The highest BCUT2D eigenvalue weighted by Crippen LogP contribution is 2.18. The van der Waals surface area contributed by atoms with Crippen LogP contribution >= 0.6 is 0 Å². The van der Waals surface area contributed by atoms with Crippen LogP contribution in [0.25, 0.3) is 0 Å². The third kappa shape index (κ3) is 4.17. The van der Waals surface area contributed by atoms with Crippen molar-refractivity contribution in [2.45, 2.75) is 32.0 Å². The summed E-state index contributed by atoms with van der Waals surface area (Å²) in [6.45, 7) is 2.14. The normalized spacial score (nSPS) is 13.7. The Morgan fingerprint density at radius 1 is 1.30 bits per heavy atom. The molecule has 2 aromatic heterocycles. The van der Waals surface area contributed by atoms with Crippen molar-refractivity contribution in [3.63, 3.8) is 0 Å².